The number of aromatic amines is 1. The molecule has 0 amide bonds. The topological polar surface area (TPSA) is 45.3 Å². The number of pyridine rings is 1. The van der Waals surface area contributed by atoms with E-state index in [0.29, 0.717) is 5.75 Å². The van der Waals surface area contributed by atoms with E-state index in [1.165, 1.54) is 18.2 Å². The van der Waals surface area contributed by atoms with E-state index in [4.69, 9.17) is 4.74 Å². The van der Waals surface area contributed by atoms with Gasteiger partial charge in [-0.05, 0) is 17.5 Å². The number of hydrogen-bond acceptors (Lipinski definition) is 3. The highest BCUT2D eigenvalue weighted by Gasteiger charge is 2.16. The first kappa shape index (κ1) is 12.9. The number of hydrogen-bond donors (Lipinski definition) is 1. The van der Waals surface area contributed by atoms with Gasteiger partial charge in [-0.25, -0.2) is 0 Å². The number of nitrogens with one attached hydrogen (secondary N) is 1. The highest BCUT2D eigenvalue weighted by molar-refractivity contribution is 5.29. The Bertz CT molecular complexity index is 664. The molecule has 2 heterocycles. The van der Waals surface area contributed by atoms with Gasteiger partial charge in [0.25, 0.3) is 0 Å². The zero-order valence-corrected chi connectivity index (χ0v) is 11.6. The lowest BCUT2D eigenvalue weighted by atomic mass is 10.00. The Morgan fingerprint density at radius 1 is 1.30 bits per heavy atom. The van der Waals surface area contributed by atoms with Gasteiger partial charge >= 0.3 is 0 Å². The molecule has 0 fully saturated rings. The van der Waals surface area contributed by atoms with Crippen molar-refractivity contribution in [2.24, 2.45) is 0 Å². The second kappa shape index (κ2) is 5.51. The van der Waals surface area contributed by atoms with Gasteiger partial charge in [-0.15, -0.1) is 0 Å². The van der Waals surface area contributed by atoms with E-state index in [9.17, 15) is 4.79 Å². The quantitative estimate of drug-likeness (QED) is 0.927. The Labute approximate surface area is 118 Å². The standard InChI is InChI=1S/C16H18N2O2/c1-20-16-9-17-14(8-15(16)19)11-18-7-6-12-4-2-3-5-13(12)10-18/h2-5,8-9H,6-7,10-11H2,1H3,(H,17,19). The molecule has 0 radical (unpaired) electrons. The molecule has 0 aliphatic carbocycles. The van der Waals surface area contributed by atoms with Gasteiger partial charge in [0.05, 0.1) is 7.11 Å². The molecule has 4 heteroatoms. The average molecular weight is 270 g/mol. The molecule has 0 spiro atoms. The van der Waals surface area contributed by atoms with Crippen molar-refractivity contribution in [3.8, 4) is 5.75 Å². The summed E-state index contributed by atoms with van der Waals surface area (Å²) in [6.45, 7) is 2.71. The molecule has 1 N–H and O–H groups in total. The normalized spacial score (nSPS) is 14.8. The van der Waals surface area contributed by atoms with Gasteiger partial charge in [0.2, 0.25) is 5.43 Å². The first-order valence-corrected chi connectivity index (χ1v) is 6.81. The van der Waals surface area contributed by atoms with E-state index in [-0.39, 0.29) is 5.43 Å². The van der Waals surface area contributed by atoms with Crippen molar-refractivity contribution in [2.45, 2.75) is 19.5 Å². The summed E-state index contributed by atoms with van der Waals surface area (Å²) >= 11 is 0. The van der Waals surface area contributed by atoms with E-state index < -0.39 is 0 Å². The lowest BCUT2D eigenvalue weighted by Gasteiger charge is -2.28. The number of aromatic nitrogens is 1. The molecule has 0 atom stereocenters. The lowest BCUT2D eigenvalue weighted by molar-refractivity contribution is 0.242. The average Bonchev–Trinajstić information content (AvgIpc) is 2.47. The third kappa shape index (κ3) is 2.60. The number of fused-ring (bicyclic) bond motifs is 1. The predicted molar refractivity (Wildman–Crippen MR) is 77.9 cm³/mol. The number of nitrogens with zero attached hydrogens (tertiary/aromatic N) is 1. The van der Waals surface area contributed by atoms with Crippen LogP contribution in [0.5, 0.6) is 5.75 Å². The smallest absolute Gasteiger partial charge is 0.223 e. The molecule has 2 aromatic rings. The minimum atomic E-state index is -0.0707. The molecule has 3 rings (SSSR count). The zero-order valence-electron chi connectivity index (χ0n) is 11.6. The lowest BCUT2D eigenvalue weighted by Crippen LogP contribution is -2.30. The van der Waals surface area contributed by atoms with Crippen LogP contribution in [0.25, 0.3) is 0 Å². The highest BCUT2D eigenvalue weighted by atomic mass is 16.5. The van der Waals surface area contributed by atoms with Gasteiger partial charge in [0.15, 0.2) is 5.75 Å². The van der Waals surface area contributed by atoms with E-state index in [0.717, 1.165) is 31.7 Å². The molecule has 0 bridgehead atoms. The maximum atomic E-state index is 11.7. The summed E-state index contributed by atoms with van der Waals surface area (Å²) in [5, 5.41) is 0. The van der Waals surface area contributed by atoms with Crippen molar-refractivity contribution in [1.82, 2.24) is 9.88 Å². The van der Waals surface area contributed by atoms with E-state index in [1.54, 1.807) is 12.3 Å². The predicted octanol–water partition coefficient (Wildman–Crippen LogP) is 1.94. The Morgan fingerprint density at radius 3 is 2.85 bits per heavy atom. The molecule has 0 unspecified atom stereocenters. The molecular formula is C16H18N2O2. The summed E-state index contributed by atoms with van der Waals surface area (Å²) in [6.07, 6.45) is 2.70. The highest BCUT2D eigenvalue weighted by Crippen LogP contribution is 2.19. The van der Waals surface area contributed by atoms with Gasteiger partial charge in [0, 0.05) is 37.6 Å². The number of benzene rings is 1. The summed E-state index contributed by atoms with van der Waals surface area (Å²) in [5.74, 6) is 0.359. The fourth-order valence-electron chi connectivity index (χ4n) is 2.68. The van der Waals surface area contributed by atoms with Crippen LogP contribution in [0.4, 0.5) is 0 Å². The first-order valence-electron chi connectivity index (χ1n) is 6.81. The van der Waals surface area contributed by atoms with Crippen LogP contribution in [0.3, 0.4) is 0 Å². The molecule has 0 saturated carbocycles. The summed E-state index contributed by atoms with van der Waals surface area (Å²) in [6, 6.07) is 10.2. The van der Waals surface area contributed by atoms with Crippen molar-refractivity contribution in [3.63, 3.8) is 0 Å². The van der Waals surface area contributed by atoms with Crippen LogP contribution in [0.1, 0.15) is 16.8 Å². The summed E-state index contributed by atoms with van der Waals surface area (Å²) in [4.78, 5) is 17.2. The molecule has 1 aliphatic heterocycles. The van der Waals surface area contributed by atoms with Crippen molar-refractivity contribution in [3.05, 3.63) is 63.6 Å². The van der Waals surface area contributed by atoms with Gasteiger partial charge in [0.1, 0.15) is 0 Å². The third-order valence-electron chi connectivity index (χ3n) is 3.76. The van der Waals surface area contributed by atoms with Crippen LogP contribution >= 0.6 is 0 Å². The van der Waals surface area contributed by atoms with Crippen LogP contribution in [0.15, 0.2) is 41.3 Å². The van der Waals surface area contributed by atoms with Crippen molar-refractivity contribution < 1.29 is 4.74 Å². The second-order valence-corrected chi connectivity index (χ2v) is 5.12. The molecule has 104 valence electrons. The summed E-state index contributed by atoms with van der Waals surface area (Å²) in [7, 11) is 1.51. The fraction of sp³-hybridized carbons (Fsp3) is 0.312. The van der Waals surface area contributed by atoms with Gasteiger partial charge < -0.3 is 9.72 Å². The van der Waals surface area contributed by atoms with Gasteiger partial charge in [-0.2, -0.15) is 0 Å². The molecule has 1 aromatic carbocycles. The van der Waals surface area contributed by atoms with Gasteiger partial charge in [-0.1, -0.05) is 24.3 Å². The van der Waals surface area contributed by atoms with Crippen LogP contribution in [-0.2, 0) is 19.5 Å². The third-order valence-corrected chi connectivity index (χ3v) is 3.76. The van der Waals surface area contributed by atoms with Crippen LogP contribution in [-0.4, -0.2) is 23.5 Å². The Morgan fingerprint density at radius 2 is 2.10 bits per heavy atom. The van der Waals surface area contributed by atoms with Crippen LogP contribution in [0.2, 0.25) is 0 Å². The molecule has 4 nitrogen and oxygen atoms in total. The second-order valence-electron chi connectivity index (χ2n) is 5.12. The summed E-state index contributed by atoms with van der Waals surface area (Å²) < 4.78 is 4.98. The van der Waals surface area contributed by atoms with Crippen LogP contribution in [0, 0.1) is 0 Å². The Balaban J connectivity index is 1.73. The van der Waals surface area contributed by atoms with Crippen LogP contribution < -0.4 is 10.2 Å². The maximum Gasteiger partial charge on any atom is 0.223 e. The molecule has 20 heavy (non-hydrogen) atoms. The monoisotopic (exact) mass is 270 g/mol. The van der Waals surface area contributed by atoms with E-state index in [2.05, 4.69) is 34.1 Å². The number of rotatable bonds is 3. The number of H-pyrrole nitrogens is 1. The molecule has 0 saturated heterocycles. The fourth-order valence-corrected chi connectivity index (χ4v) is 2.68. The maximum absolute atomic E-state index is 11.7. The summed E-state index contributed by atoms with van der Waals surface area (Å²) in [5.41, 5.74) is 3.68. The first-order chi connectivity index (χ1) is 9.76. The Hall–Kier alpha value is -2.07. The van der Waals surface area contributed by atoms with Gasteiger partial charge in [-0.3, -0.25) is 9.69 Å². The van der Waals surface area contributed by atoms with E-state index >= 15 is 0 Å². The minimum absolute atomic E-state index is 0.0707. The van der Waals surface area contributed by atoms with E-state index in [1.807, 2.05) is 0 Å². The zero-order chi connectivity index (χ0) is 13.9. The number of ether oxygens (including phenoxy) is 1. The van der Waals surface area contributed by atoms with Crippen molar-refractivity contribution in [2.75, 3.05) is 13.7 Å². The molecule has 1 aromatic heterocycles. The molecular weight excluding hydrogens is 252 g/mol. The van der Waals surface area contributed by atoms with Crippen molar-refractivity contribution in [1.29, 1.82) is 0 Å². The minimum Gasteiger partial charge on any atom is -0.491 e. The largest absolute Gasteiger partial charge is 0.491 e. The molecule has 1 aliphatic rings. The van der Waals surface area contributed by atoms with Crippen molar-refractivity contribution >= 4 is 0 Å². The SMILES string of the molecule is COc1c[nH]c(CN2CCc3ccccc3C2)cc1=O. The Kier molecular flexibility index (Phi) is 3.56. The number of methoxy groups -OCH3 is 1.